The summed E-state index contributed by atoms with van der Waals surface area (Å²) in [5.74, 6) is 4.21. The number of rotatable bonds is 1. The monoisotopic (exact) mass is 167 g/mol. The van der Waals surface area contributed by atoms with Crippen LogP contribution in [0.1, 0.15) is 11.4 Å². The van der Waals surface area contributed by atoms with Gasteiger partial charge in [-0.2, -0.15) is 0 Å². The Kier molecular flexibility index (Phi) is 2.64. The Bertz CT molecular complexity index is 294. The van der Waals surface area contributed by atoms with Crippen molar-refractivity contribution in [2.24, 2.45) is 0 Å². The van der Waals surface area contributed by atoms with Crippen molar-refractivity contribution in [3.63, 3.8) is 0 Å². The van der Waals surface area contributed by atoms with Gasteiger partial charge in [-0.15, -0.1) is 11.3 Å². The molecular weight excluding hydrogens is 162 g/mol. The molecule has 56 valence electrons. The predicted molar refractivity (Wildman–Crippen MR) is 41.2 cm³/mol. The van der Waals surface area contributed by atoms with E-state index < -0.39 is 5.97 Å². The van der Waals surface area contributed by atoms with Crippen LogP contribution in [0.4, 0.5) is 0 Å². The van der Waals surface area contributed by atoms with E-state index in [1.165, 1.54) is 11.3 Å². The molecule has 0 aliphatic heterocycles. The molecule has 0 bridgehead atoms. The summed E-state index contributed by atoms with van der Waals surface area (Å²) in [7, 11) is 0. The Morgan fingerprint density at radius 1 is 1.82 bits per heavy atom. The van der Waals surface area contributed by atoms with E-state index in [0.717, 1.165) is 0 Å². The van der Waals surface area contributed by atoms with Crippen LogP contribution in [0.15, 0.2) is 11.6 Å². The molecule has 0 aliphatic rings. The predicted octanol–water partition coefficient (Wildman–Crippen LogP) is 0.969. The number of aromatic nitrogens is 1. The van der Waals surface area contributed by atoms with Crippen LogP contribution in [0, 0.1) is 11.8 Å². The molecular formula is C7H5NO2S. The van der Waals surface area contributed by atoms with Crippen LogP contribution in [0.5, 0.6) is 0 Å². The normalized spacial score (nSPS) is 8.36. The Hall–Kier alpha value is -1.34. The van der Waals surface area contributed by atoms with Crippen molar-refractivity contribution >= 4 is 17.3 Å². The second kappa shape index (κ2) is 3.74. The highest BCUT2D eigenvalue weighted by Crippen LogP contribution is 2.00. The first-order valence-electron chi connectivity index (χ1n) is 2.89. The van der Waals surface area contributed by atoms with Crippen molar-refractivity contribution in [2.75, 3.05) is 0 Å². The molecule has 0 unspecified atom stereocenters. The molecule has 0 amide bonds. The molecule has 0 saturated carbocycles. The molecule has 0 aliphatic carbocycles. The van der Waals surface area contributed by atoms with Gasteiger partial charge in [0.15, 0.2) is 5.01 Å². The zero-order chi connectivity index (χ0) is 8.10. The van der Waals surface area contributed by atoms with Gasteiger partial charge < -0.3 is 5.11 Å². The lowest BCUT2D eigenvalue weighted by Crippen LogP contribution is -1.90. The summed E-state index contributed by atoms with van der Waals surface area (Å²) in [6, 6.07) is 0. The average Bonchev–Trinajstić information content (AvgIpc) is 2.39. The maximum absolute atomic E-state index is 10.0. The van der Waals surface area contributed by atoms with Gasteiger partial charge in [-0.25, -0.2) is 4.98 Å². The van der Waals surface area contributed by atoms with E-state index in [-0.39, 0.29) is 6.42 Å². The molecule has 3 nitrogen and oxygen atoms in total. The van der Waals surface area contributed by atoms with E-state index in [1.54, 1.807) is 11.6 Å². The quantitative estimate of drug-likeness (QED) is 0.634. The molecule has 0 aromatic carbocycles. The molecule has 1 aromatic rings. The number of aliphatic carboxylic acids is 1. The van der Waals surface area contributed by atoms with Crippen molar-refractivity contribution < 1.29 is 9.90 Å². The fourth-order valence-electron chi connectivity index (χ4n) is 0.481. The molecule has 0 spiro atoms. The Labute approximate surface area is 67.7 Å². The highest BCUT2D eigenvalue weighted by molar-refractivity contribution is 7.10. The van der Waals surface area contributed by atoms with Gasteiger partial charge in [0.05, 0.1) is 0 Å². The van der Waals surface area contributed by atoms with Gasteiger partial charge in [0, 0.05) is 11.6 Å². The lowest BCUT2D eigenvalue weighted by Gasteiger charge is -1.77. The summed E-state index contributed by atoms with van der Waals surface area (Å²) in [6.45, 7) is 0. The molecule has 0 radical (unpaired) electrons. The van der Waals surface area contributed by atoms with Crippen molar-refractivity contribution in [1.82, 2.24) is 4.98 Å². The molecule has 0 saturated heterocycles. The summed E-state index contributed by atoms with van der Waals surface area (Å²) in [4.78, 5) is 13.9. The standard InChI is InChI=1S/C7H5NO2S/c9-7(10)3-1-2-6-8-4-5-11-6/h4-5H,3H2,(H,9,10). The number of nitrogens with zero attached hydrogens (tertiary/aromatic N) is 1. The van der Waals surface area contributed by atoms with Crippen LogP contribution in [0.3, 0.4) is 0 Å². The van der Waals surface area contributed by atoms with E-state index in [9.17, 15) is 4.79 Å². The van der Waals surface area contributed by atoms with Crippen LogP contribution in [0.25, 0.3) is 0 Å². The molecule has 1 aromatic heterocycles. The molecule has 1 rings (SSSR count). The van der Waals surface area contributed by atoms with Crippen molar-refractivity contribution in [2.45, 2.75) is 6.42 Å². The smallest absolute Gasteiger partial charge is 0.315 e. The van der Waals surface area contributed by atoms with Gasteiger partial charge in [0.2, 0.25) is 0 Å². The molecule has 1 N–H and O–H groups in total. The van der Waals surface area contributed by atoms with Crippen LogP contribution in [-0.4, -0.2) is 16.1 Å². The van der Waals surface area contributed by atoms with E-state index in [0.29, 0.717) is 5.01 Å². The zero-order valence-corrected chi connectivity index (χ0v) is 6.39. The van der Waals surface area contributed by atoms with E-state index in [1.807, 2.05) is 0 Å². The summed E-state index contributed by atoms with van der Waals surface area (Å²) >= 11 is 1.40. The Balaban J connectivity index is 2.52. The maximum Gasteiger partial charge on any atom is 0.315 e. The van der Waals surface area contributed by atoms with Crippen molar-refractivity contribution in [1.29, 1.82) is 0 Å². The van der Waals surface area contributed by atoms with Crippen molar-refractivity contribution in [3.05, 3.63) is 16.6 Å². The number of hydrogen-bond donors (Lipinski definition) is 1. The van der Waals surface area contributed by atoms with E-state index in [4.69, 9.17) is 5.11 Å². The molecule has 0 atom stereocenters. The summed E-state index contributed by atoms with van der Waals surface area (Å²) in [5, 5.41) is 10.7. The number of hydrogen-bond acceptors (Lipinski definition) is 3. The molecule has 4 heteroatoms. The van der Waals surface area contributed by atoms with Crippen LogP contribution in [-0.2, 0) is 4.79 Å². The fourth-order valence-corrected chi connectivity index (χ4v) is 0.984. The number of carboxylic acid groups (broad SMARTS) is 1. The minimum Gasteiger partial charge on any atom is -0.481 e. The van der Waals surface area contributed by atoms with Gasteiger partial charge >= 0.3 is 5.97 Å². The molecule has 0 fully saturated rings. The minimum absolute atomic E-state index is 0.125. The van der Waals surface area contributed by atoms with Gasteiger partial charge in [0.1, 0.15) is 6.42 Å². The SMILES string of the molecule is O=C(O)CC#Cc1nccs1. The van der Waals surface area contributed by atoms with E-state index >= 15 is 0 Å². The topological polar surface area (TPSA) is 50.2 Å². The first-order chi connectivity index (χ1) is 5.29. The van der Waals surface area contributed by atoms with Gasteiger partial charge in [-0.3, -0.25) is 4.79 Å². The average molecular weight is 167 g/mol. The molecule has 11 heavy (non-hydrogen) atoms. The number of carbonyl (C=O) groups is 1. The van der Waals surface area contributed by atoms with Gasteiger partial charge in [-0.05, 0) is 5.92 Å². The highest BCUT2D eigenvalue weighted by atomic mass is 32.1. The fraction of sp³-hybridized carbons (Fsp3) is 0.143. The van der Waals surface area contributed by atoms with Crippen LogP contribution in [0.2, 0.25) is 0 Å². The number of carboxylic acids is 1. The largest absolute Gasteiger partial charge is 0.481 e. The van der Waals surface area contributed by atoms with Crippen LogP contribution < -0.4 is 0 Å². The zero-order valence-electron chi connectivity index (χ0n) is 5.57. The second-order valence-electron chi connectivity index (χ2n) is 1.71. The third-order valence-electron chi connectivity index (χ3n) is 0.867. The lowest BCUT2D eigenvalue weighted by molar-refractivity contribution is -0.135. The summed E-state index contributed by atoms with van der Waals surface area (Å²) in [6.07, 6.45) is 1.51. The third kappa shape index (κ3) is 2.83. The Morgan fingerprint density at radius 2 is 2.64 bits per heavy atom. The summed E-state index contributed by atoms with van der Waals surface area (Å²) in [5.41, 5.74) is 0. The maximum atomic E-state index is 10.0. The number of thiazole rings is 1. The van der Waals surface area contributed by atoms with Crippen LogP contribution >= 0.6 is 11.3 Å². The minimum atomic E-state index is -0.908. The molecule has 1 heterocycles. The van der Waals surface area contributed by atoms with Gasteiger partial charge in [-0.1, -0.05) is 5.92 Å². The highest BCUT2D eigenvalue weighted by Gasteiger charge is 1.89. The lowest BCUT2D eigenvalue weighted by atomic mass is 10.4. The van der Waals surface area contributed by atoms with E-state index in [2.05, 4.69) is 16.8 Å². The van der Waals surface area contributed by atoms with Gasteiger partial charge in [0.25, 0.3) is 0 Å². The summed E-state index contributed by atoms with van der Waals surface area (Å²) < 4.78 is 0. The second-order valence-corrected chi connectivity index (χ2v) is 2.60. The Morgan fingerprint density at radius 3 is 3.18 bits per heavy atom. The first kappa shape index (κ1) is 7.76. The van der Waals surface area contributed by atoms with Crippen molar-refractivity contribution in [3.8, 4) is 11.8 Å². The first-order valence-corrected chi connectivity index (χ1v) is 3.77. The third-order valence-corrected chi connectivity index (χ3v) is 1.56.